The van der Waals surface area contributed by atoms with E-state index in [9.17, 15) is 4.79 Å². The van der Waals surface area contributed by atoms with E-state index in [0.29, 0.717) is 5.56 Å². The number of carbonyl (C=O) groups excluding carboxylic acids is 1. The largest absolute Gasteiger partial charge is 0.394 e. The third kappa shape index (κ3) is 2.97. The summed E-state index contributed by atoms with van der Waals surface area (Å²) >= 11 is 4.17. The second kappa shape index (κ2) is 5.19. The Morgan fingerprint density at radius 2 is 2.27 bits per heavy atom. The summed E-state index contributed by atoms with van der Waals surface area (Å²) in [5.74, 6) is -0.104. The summed E-state index contributed by atoms with van der Waals surface area (Å²) in [4.78, 5) is 14.1. The lowest BCUT2D eigenvalue weighted by molar-refractivity contribution is 0.0682. The lowest BCUT2D eigenvalue weighted by Crippen LogP contribution is -2.37. The monoisotopic (exact) mass is 225 g/mol. The zero-order valence-corrected chi connectivity index (χ0v) is 9.74. The van der Waals surface area contributed by atoms with Crippen LogP contribution in [0.4, 0.5) is 0 Å². The molecule has 0 heterocycles. The molecule has 0 radical (unpaired) electrons. The highest BCUT2D eigenvalue weighted by Gasteiger charge is 2.16. The Balaban J connectivity index is 2.85. The molecule has 1 amide bonds. The number of rotatable bonds is 3. The zero-order chi connectivity index (χ0) is 11.4. The molecule has 0 spiro atoms. The van der Waals surface area contributed by atoms with Crippen molar-refractivity contribution in [2.45, 2.75) is 17.9 Å². The van der Waals surface area contributed by atoms with Crippen LogP contribution in [-0.4, -0.2) is 35.6 Å². The molecule has 1 aromatic carbocycles. The van der Waals surface area contributed by atoms with Gasteiger partial charge in [0.25, 0.3) is 5.91 Å². The average Bonchev–Trinajstić information content (AvgIpc) is 2.26. The first-order chi connectivity index (χ1) is 7.06. The van der Waals surface area contributed by atoms with Gasteiger partial charge in [-0.1, -0.05) is 6.07 Å². The number of nitrogens with zero attached hydrogens (tertiary/aromatic N) is 1. The maximum atomic E-state index is 11.9. The molecule has 15 heavy (non-hydrogen) atoms. The van der Waals surface area contributed by atoms with Gasteiger partial charge in [-0.15, -0.1) is 12.6 Å². The molecule has 1 aromatic rings. The number of amides is 1. The molecule has 0 fully saturated rings. The van der Waals surface area contributed by atoms with Crippen molar-refractivity contribution in [3.63, 3.8) is 0 Å². The second-order valence-electron chi connectivity index (χ2n) is 3.50. The number of carbonyl (C=O) groups is 1. The van der Waals surface area contributed by atoms with E-state index in [-0.39, 0.29) is 18.6 Å². The zero-order valence-electron chi connectivity index (χ0n) is 8.84. The van der Waals surface area contributed by atoms with Gasteiger partial charge in [0.15, 0.2) is 0 Å². The highest BCUT2D eigenvalue weighted by Crippen LogP contribution is 2.11. The SMILES string of the molecule is CC(CO)N(C)C(=O)c1cccc(S)c1. The first-order valence-electron chi connectivity index (χ1n) is 4.73. The Morgan fingerprint density at radius 3 is 2.80 bits per heavy atom. The smallest absolute Gasteiger partial charge is 0.253 e. The summed E-state index contributed by atoms with van der Waals surface area (Å²) in [5.41, 5.74) is 0.588. The summed E-state index contributed by atoms with van der Waals surface area (Å²) < 4.78 is 0. The minimum atomic E-state index is -0.180. The molecule has 4 heteroatoms. The van der Waals surface area contributed by atoms with Crippen molar-refractivity contribution >= 4 is 18.5 Å². The third-order valence-electron chi connectivity index (χ3n) is 2.34. The molecule has 1 atom stereocenters. The van der Waals surface area contributed by atoms with E-state index in [1.54, 1.807) is 32.2 Å². The fourth-order valence-corrected chi connectivity index (χ4v) is 1.39. The molecular weight excluding hydrogens is 210 g/mol. The van der Waals surface area contributed by atoms with Crippen molar-refractivity contribution in [1.82, 2.24) is 4.90 Å². The fraction of sp³-hybridized carbons (Fsp3) is 0.364. The number of aliphatic hydroxyl groups excluding tert-OH is 1. The first kappa shape index (κ1) is 12.1. The number of likely N-dealkylation sites (N-methyl/N-ethyl adjacent to an activating group) is 1. The minimum absolute atomic E-state index is 0.0389. The van der Waals surface area contributed by atoms with Crippen molar-refractivity contribution < 1.29 is 9.90 Å². The molecular formula is C11H15NO2S. The van der Waals surface area contributed by atoms with Gasteiger partial charge < -0.3 is 10.0 Å². The first-order valence-corrected chi connectivity index (χ1v) is 5.18. The quantitative estimate of drug-likeness (QED) is 0.764. The van der Waals surface area contributed by atoms with Crippen molar-refractivity contribution in [2.75, 3.05) is 13.7 Å². The lowest BCUT2D eigenvalue weighted by atomic mass is 10.2. The van der Waals surface area contributed by atoms with Gasteiger partial charge >= 0.3 is 0 Å². The second-order valence-corrected chi connectivity index (χ2v) is 4.01. The molecule has 0 bridgehead atoms. The summed E-state index contributed by atoms with van der Waals surface area (Å²) in [6, 6.07) is 6.87. The molecule has 82 valence electrons. The molecule has 0 aliphatic carbocycles. The number of thiol groups is 1. The summed E-state index contributed by atoms with van der Waals surface area (Å²) in [6.45, 7) is 1.76. The van der Waals surface area contributed by atoms with Crippen LogP contribution >= 0.6 is 12.6 Å². The number of hydrogen-bond donors (Lipinski definition) is 2. The molecule has 0 saturated carbocycles. The predicted molar refractivity (Wildman–Crippen MR) is 62.3 cm³/mol. The summed E-state index contributed by atoms with van der Waals surface area (Å²) in [6.07, 6.45) is 0. The van der Waals surface area contributed by atoms with Crippen LogP contribution in [0.25, 0.3) is 0 Å². The summed E-state index contributed by atoms with van der Waals surface area (Å²) in [7, 11) is 1.68. The minimum Gasteiger partial charge on any atom is -0.394 e. The van der Waals surface area contributed by atoms with E-state index in [0.717, 1.165) is 4.90 Å². The lowest BCUT2D eigenvalue weighted by Gasteiger charge is -2.23. The van der Waals surface area contributed by atoms with Gasteiger partial charge in [-0.2, -0.15) is 0 Å². The highest BCUT2D eigenvalue weighted by molar-refractivity contribution is 7.80. The van der Waals surface area contributed by atoms with Gasteiger partial charge in [0.1, 0.15) is 0 Å². The topological polar surface area (TPSA) is 40.5 Å². The van der Waals surface area contributed by atoms with E-state index >= 15 is 0 Å². The molecule has 0 aliphatic rings. The standard InChI is InChI=1S/C11H15NO2S/c1-8(7-13)12(2)11(14)9-4-3-5-10(15)6-9/h3-6,8,13,15H,7H2,1-2H3. The van der Waals surface area contributed by atoms with E-state index in [2.05, 4.69) is 12.6 Å². The van der Waals surface area contributed by atoms with Crippen molar-refractivity contribution in [2.24, 2.45) is 0 Å². The van der Waals surface area contributed by atoms with Gasteiger partial charge in [-0.05, 0) is 25.1 Å². The van der Waals surface area contributed by atoms with Crippen LogP contribution < -0.4 is 0 Å². The van der Waals surface area contributed by atoms with Gasteiger partial charge in [0.2, 0.25) is 0 Å². The number of hydrogen-bond acceptors (Lipinski definition) is 3. The van der Waals surface area contributed by atoms with Gasteiger partial charge in [-0.3, -0.25) is 4.79 Å². The molecule has 0 saturated heterocycles. The normalized spacial score (nSPS) is 12.3. The molecule has 1 rings (SSSR count). The van der Waals surface area contributed by atoms with E-state index < -0.39 is 0 Å². The Kier molecular flexibility index (Phi) is 4.17. The Labute approximate surface area is 95.1 Å². The van der Waals surface area contributed by atoms with Crippen LogP contribution in [0.1, 0.15) is 17.3 Å². The highest BCUT2D eigenvalue weighted by atomic mass is 32.1. The Hall–Kier alpha value is -1.00. The van der Waals surface area contributed by atoms with Crippen LogP contribution in [0.5, 0.6) is 0 Å². The van der Waals surface area contributed by atoms with Crippen LogP contribution in [0.3, 0.4) is 0 Å². The molecule has 1 N–H and O–H groups in total. The van der Waals surface area contributed by atoms with Crippen molar-refractivity contribution in [1.29, 1.82) is 0 Å². The molecule has 3 nitrogen and oxygen atoms in total. The Bertz CT molecular complexity index is 354. The van der Waals surface area contributed by atoms with Crippen LogP contribution in [0.2, 0.25) is 0 Å². The number of aliphatic hydroxyl groups is 1. The summed E-state index contributed by atoms with van der Waals surface area (Å²) in [5, 5.41) is 8.95. The maximum absolute atomic E-state index is 11.9. The van der Waals surface area contributed by atoms with E-state index in [1.165, 1.54) is 4.90 Å². The number of benzene rings is 1. The van der Waals surface area contributed by atoms with Crippen LogP contribution in [-0.2, 0) is 0 Å². The maximum Gasteiger partial charge on any atom is 0.253 e. The molecule has 0 aliphatic heterocycles. The van der Waals surface area contributed by atoms with E-state index in [4.69, 9.17) is 5.11 Å². The molecule has 0 aromatic heterocycles. The predicted octanol–water partition coefficient (Wildman–Crippen LogP) is 1.43. The Morgan fingerprint density at radius 1 is 1.60 bits per heavy atom. The average molecular weight is 225 g/mol. The van der Waals surface area contributed by atoms with Gasteiger partial charge in [-0.25, -0.2) is 0 Å². The van der Waals surface area contributed by atoms with Gasteiger partial charge in [0, 0.05) is 17.5 Å². The van der Waals surface area contributed by atoms with Crippen molar-refractivity contribution in [3.8, 4) is 0 Å². The van der Waals surface area contributed by atoms with E-state index in [1.807, 2.05) is 6.07 Å². The van der Waals surface area contributed by atoms with Crippen LogP contribution in [0.15, 0.2) is 29.2 Å². The third-order valence-corrected chi connectivity index (χ3v) is 2.62. The fourth-order valence-electron chi connectivity index (χ4n) is 1.17. The molecule has 1 unspecified atom stereocenters. The van der Waals surface area contributed by atoms with Gasteiger partial charge in [0.05, 0.1) is 12.6 Å². The van der Waals surface area contributed by atoms with Crippen molar-refractivity contribution in [3.05, 3.63) is 29.8 Å². The van der Waals surface area contributed by atoms with Crippen LogP contribution in [0, 0.1) is 0 Å².